The molecule has 0 aliphatic carbocycles. The second kappa shape index (κ2) is 8.34. The van der Waals surface area contributed by atoms with E-state index < -0.39 is 17.7 Å². The Bertz CT molecular complexity index is 610. The zero-order valence-electron chi connectivity index (χ0n) is 15.5. The maximum Gasteiger partial charge on any atom is 0.411 e. The van der Waals surface area contributed by atoms with Gasteiger partial charge in [0.1, 0.15) is 11.6 Å². The Morgan fingerprint density at radius 1 is 1.24 bits per heavy atom. The van der Waals surface area contributed by atoms with Gasteiger partial charge >= 0.3 is 6.09 Å². The number of methoxy groups -OCH3 is 1. The molecule has 138 valence electrons. The molecular formula is C19H28N2O4. The van der Waals surface area contributed by atoms with Crippen LogP contribution in [0, 0.1) is 0 Å². The molecule has 0 aromatic heterocycles. The van der Waals surface area contributed by atoms with Gasteiger partial charge in [-0.05, 0) is 38.3 Å². The van der Waals surface area contributed by atoms with Crippen molar-refractivity contribution >= 4 is 12.0 Å². The van der Waals surface area contributed by atoms with Gasteiger partial charge in [-0.1, -0.05) is 24.3 Å². The first-order valence-corrected chi connectivity index (χ1v) is 8.65. The SMILES string of the molecule is COCCCNC(=O)C1Cc2ccccc2CN1C(=O)OC(C)(C)C. The van der Waals surface area contributed by atoms with Crippen molar-refractivity contribution in [2.45, 2.75) is 51.8 Å². The molecule has 1 heterocycles. The Balaban J connectivity index is 2.14. The summed E-state index contributed by atoms with van der Waals surface area (Å²) in [5.74, 6) is -0.156. The fourth-order valence-corrected chi connectivity index (χ4v) is 2.82. The Morgan fingerprint density at radius 3 is 2.56 bits per heavy atom. The highest BCUT2D eigenvalue weighted by atomic mass is 16.6. The van der Waals surface area contributed by atoms with Crippen molar-refractivity contribution < 1.29 is 19.1 Å². The first-order chi connectivity index (χ1) is 11.8. The van der Waals surface area contributed by atoms with E-state index in [4.69, 9.17) is 9.47 Å². The molecule has 1 aliphatic heterocycles. The quantitative estimate of drug-likeness (QED) is 0.830. The molecule has 6 heteroatoms. The largest absolute Gasteiger partial charge is 0.444 e. The van der Waals surface area contributed by atoms with Crippen molar-refractivity contribution in [3.05, 3.63) is 35.4 Å². The van der Waals surface area contributed by atoms with Crippen molar-refractivity contribution in [3.63, 3.8) is 0 Å². The molecule has 0 radical (unpaired) electrons. The van der Waals surface area contributed by atoms with Crippen LogP contribution in [0.2, 0.25) is 0 Å². The van der Waals surface area contributed by atoms with Crippen molar-refractivity contribution in [2.75, 3.05) is 20.3 Å². The van der Waals surface area contributed by atoms with Crippen LogP contribution in [0.3, 0.4) is 0 Å². The molecule has 1 unspecified atom stereocenters. The Labute approximate surface area is 149 Å². The maximum absolute atomic E-state index is 12.7. The molecule has 0 fully saturated rings. The van der Waals surface area contributed by atoms with E-state index in [9.17, 15) is 9.59 Å². The first kappa shape index (κ1) is 19.2. The summed E-state index contributed by atoms with van der Waals surface area (Å²) in [4.78, 5) is 26.8. The van der Waals surface area contributed by atoms with Gasteiger partial charge in [0.25, 0.3) is 0 Å². The van der Waals surface area contributed by atoms with Crippen LogP contribution in [0.1, 0.15) is 38.3 Å². The number of carbonyl (C=O) groups is 2. The minimum Gasteiger partial charge on any atom is -0.444 e. The fraction of sp³-hybridized carbons (Fsp3) is 0.579. The molecule has 1 atom stereocenters. The van der Waals surface area contributed by atoms with Crippen LogP contribution in [0.25, 0.3) is 0 Å². The predicted molar refractivity (Wildman–Crippen MR) is 95.2 cm³/mol. The molecule has 0 spiro atoms. The molecule has 0 saturated carbocycles. The van der Waals surface area contributed by atoms with Crippen molar-refractivity contribution in [3.8, 4) is 0 Å². The molecule has 0 saturated heterocycles. The van der Waals surface area contributed by atoms with Gasteiger partial charge in [0, 0.05) is 26.7 Å². The molecule has 1 N–H and O–H groups in total. The number of hydrogen-bond donors (Lipinski definition) is 1. The highest BCUT2D eigenvalue weighted by molar-refractivity contribution is 5.86. The molecule has 25 heavy (non-hydrogen) atoms. The summed E-state index contributed by atoms with van der Waals surface area (Å²) >= 11 is 0. The highest BCUT2D eigenvalue weighted by Gasteiger charge is 2.36. The number of rotatable bonds is 5. The zero-order chi connectivity index (χ0) is 18.4. The van der Waals surface area contributed by atoms with Crippen LogP contribution in [-0.4, -0.2) is 48.8 Å². The van der Waals surface area contributed by atoms with E-state index in [1.807, 2.05) is 45.0 Å². The van der Waals surface area contributed by atoms with Crippen LogP contribution in [0.5, 0.6) is 0 Å². The summed E-state index contributed by atoms with van der Waals surface area (Å²) in [6, 6.07) is 7.33. The third-order valence-corrected chi connectivity index (χ3v) is 4.00. The predicted octanol–water partition coefficient (Wildman–Crippen LogP) is 2.50. The topological polar surface area (TPSA) is 67.9 Å². The average Bonchev–Trinajstić information content (AvgIpc) is 2.55. The van der Waals surface area contributed by atoms with E-state index in [0.717, 1.165) is 17.5 Å². The number of nitrogens with one attached hydrogen (secondary N) is 1. The number of fused-ring (bicyclic) bond motifs is 1. The standard InChI is InChI=1S/C19H28N2O4/c1-19(2,3)25-18(23)21-13-15-9-6-5-8-14(15)12-16(21)17(22)20-10-7-11-24-4/h5-6,8-9,16H,7,10-13H2,1-4H3,(H,20,22). The van der Waals surface area contributed by atoms with E-state index in [-0.39, 0.29) is 5.91 Å². The van der Waals surface area contributed by atoms with E-state index in [1.54, 1.807) is 7.11 Å². The van der Waals surface area contributed by atoms with E-state index in [2.05, 4.69) is 5.32 Å². The van der Waals surface area contributed by atoms with Crippen LogP contribution in [0.15, 0.2) is 24.3 Å². The van der Waals surface area contributed by atoms with E-state index in [0.29, 0.717) is 26.1 Å². The molecule has 1 aliphatic rings. The summed E-state index contributed by atoms with van der Waals surface area (Å²) in [6.07, 6.45) is 0.766. The molecule has 2 rings (SSSR count). The fourth-order valence-electron chi connectivity index (χ4n) is 2.82. The van der Waals surface area contributed by atoms with Crippen LogP contribution < -0.4 is 5.32 Å². The lowest BCUT2D eigenvalue weighted by Gasteiger charge is -2.36. The smallest absolute Gasteiger partial charge is 0.411 e. The highest BCUT2D eigenvalue weighted by Crippen LogP contribution is 2.25. The lowest BCUT2D eigenvalue weighted by atomic mass is 9.94. The van der Waals surface area contributed by atoms with Crippen molar-refractivity contribution in [1.29, 1.82) is 0 Å². The van der Waals surface area contributed by atoms with Gasteiger partial charge in [-0.15, -0.1) is 0 Å². The van der Waals surface area contributed by atoms with Crippen molar-refractivity contribution in [2.24, 2.45) is 0 Å². The van der Waals surface area contributed by atoms with Gasteiger partial charge in [-0.2, -0.15) is 0 Å². The van der Waals surface area contributed by atoms with E-state index >= 15 is 0 Å². The van der Waals surface area contributed by atoms with Crippen molar-refractivity contribution in [1.82, 2.24) is 10.2 Å². The Kier molecular flexibility index (Phi) is 6.42. The molecule has 1 aromatic rings. The third-order valence-electron chi connectivity index (χ3n) is 4.00. The number of carbonyl (C=O) groups excluding carboxylic acids is 2. The first-order valence-electron chi connectivity index (χ1n) is 8.65. The third kappa shape index (κ3) is 5.46. The molecule has 6 nitrogen and oxygen atoms in total. The molecular weight excluding hydrogens is 320 g/mol. The number of hydrogen-bond acceptors (Lipinski definition) is 4. The van der Waals surface area contributed by atoms with Crippen LogP contribution in [-0.2, 0) is 27.2 Å². The minimum atomic E-state index is -0.604. The van der Waals surface area contributed by atoms with Gasteiger partial charge in [-0.3, -0.25) is 9.69 Å². The minimum absolute atomic E-state index is 0.156. The molecule has 1 aromatic carbocycles. The van der Waals surface area contributed by atoms with Gasteiger partial charge in [0.15, 0.2) is 0 Å². The molecule has 2 amide bonds. The van der Waals surface area contributed by atoms with Gasteiger partial charge < -0.3 is 14.8 Å². The number of benzene rings is 1. The number of nitrogens with zero attached hydrogens (tertiary/aromatic N) is 1. The van der Waals surface area contributed by atoms with Gasteiger partial charge in [0.05, 0.1) is 6.54 Å². The maximum atomic E-state index is 12.7. The number of amides is 2. The second-order valence-electron chi connectivity index (χ2n) is 7.23. The lowest BCUT2D eigenvalue weighted by Crippen LogP contribution is -2.53. The second-order valence-corrected chi connectivity index (χ2v) is 7.23. The van der Waals surface area contributed by atoms with E-state index in [1.165, 1.54) is 4.90 Å². The van der Waals surface area contributed by atoms with Crippen LogP contribution in [0.4, 0.5) is 4.79 Å². The monoisotopic (exact) mass is 348 g/mol. The Morgan fingerprint density at radius 2 is 1.92 bits per heavy atom. The van der Waals surface area contributed by atoms with Gasteiger partial charge in [-0.25, -0.2) is 4.79 Å². The lowest BCUT2D eigenvalue weighted by molar-refractivity contribution is -0.127. The summed E-state index contributed by atoms with van der Waals surface area (Å²) in [5, 5.41) is 2.90. The van der Waals surface area contributed by atoms with Crippen LogP contribution >= 0.6 is 0 Å². The Hall–Kier alpha value is -2.08. The summed E-state index contributed by atoms with van der Waals surface area (Å²) in [5.41, 5.74) is 1.55. The normalized spacial score (nSPS) is 17.0. The summed E-state index contributed by atoms with van der Waals surface area (Å²) in [7, 11) is 1.63. The summed E-state index contributed by atoms with van der Waals surface area (Å²) < 4.78 is 10.5. The number of ether oxygens (including phenoxy) is 2. The summed E-state index contributed by atoms with van der Waals surface area (Å²) in [6.45, 7) is 6.95. The average molecular weight is 348 g/mol. The zero-order valence-corrected chi connectivity index (χ0v) is 15.5. The molecule has 0 bridgehead atoms. The van der Waals surface area contributed by atoms with Gasteiger partial charge in [0.2, 0.25) is 5.91 Å².